The van der Waals surface area contributed by atoms with Crippen molar-refractivity contribution in [3.63, 3.8) is 0 Å². The topological polar surface area (TPSA) is 78.1 Å². The van der Waals surface area contributed by atoms with E-state index >= 15 is 0 Å². The Labute approximate surface area is 95.9 Å². The first-order valence-electron chi connectivity index (χ1n) is 4.48. The Morgan fingerprint density at radius 2 is 2.31 bits per heavy atom. The summed E-state index contributed by atoms with van der Waals surface area (Å²) in [5, 5.41) is 0.320. The van der Waals surface area contributed by atoms with Crippen LogP contribution < -0.4 is 5.73 Å². The van der Waals surface area contributed by atoms with Gasteiger partial charge in [-0.25, -0.2) is 9.78 Å². The molecular formula is C10H9N3O2S. The van der Waals surface area contributed by atoms with Gasteiger partial charge < -0.3 is 10.5 Å². The highest BCUT2D eigenvalue weighted by Crippen LogP contribution is 2.28. The number of nitrogen functional groups attached to an aromatic ring is 1. The summed E-state index contributed by atoms with van der Waals surface area (Å²) in [5.74, 6) is -0.449. The smallest absolute Gasteiger partial charge is 0.350 e. The molecule has 16 heavy (non-hydrogen) atoms. The predicted molar refractivity (Wildman–Crippen MR) is 61.1 cm³/mol. The molecule has 2 rings (SSSR count). The van der Waals surface area contributed by atoms with Gasteiger partial charge in [0.25, 0.3) is 0 Å². The van der Waals surface area contributed by atoms with Gasteiger partial charge in [0.15, 0.2) is 5.13 Å². The second-order valence-electron chi connectivity index (χ2n) is 2.94. The molecule has 0 fully saturated rings. The molecule has 0 aliphatic carbocycles. The molecule has 0 radical (unpaired) electrons. The minimum absolute atomic E-state index is 0.320. The lowest BCUT2D eigenvalue weighted by atomic mass is 10.2. The Balaban J connectivity index is 2.53. The zero-order valence-corrected chi connectivity index (χ0v) is 9.32. The van der Waals surface area contributed by atoms with Gasteiger partial charge in [-0.05, 0) is 12.1 Å². The van der Waals surface area contributed by atoms with E-state index in [1.54, 1.807) is 18.3 Å². The molecule has 6 heteroatoms. The van der Waals surface area contributed by atoms with Gasteiger partial charge in [0.05, 0.1) is 12.8 Å². The second-order valence-corrected chi connectivity index (χ2v) is 3.97. The fourth-order valence-electron chi connectivity index (χ4n) is 1.24. The van der Waals surface area contributed by atoms with Crippen LogP contribution in [0, 0.1) is 0 Å². The Morgan fingerprint density at radius 1 is 1.50 bits per heavy atom. The van der Waals surface area contributed by atoms with Crippen molar-refractivity contribution in [3.8, 4) is 11.4 Å². The number of nitrogens with zero attached hydrogens (tertiary/aromatic N) is 2. The lowest BCUT2D eigenvalue weighted by Gasteiger charge is -1.98. The number of rotatable bonds is 2. The van der Waals surface area contributed by atoms with Gasteiger partial charge in [-0.2, -0.15) is 0 Å². The molecule has 2 aromatic heterocycles. The minimum Gasteiger partial charge on any atom is -0.465 e. The number of hydrogen-bond donors (Lipinski definition) is 1. The Hall–Kier alpha value is -1.95. The summed E-state index contributed by atoms with van der Waals surface area (Å²) >= 11 is 1.09. The number of anilines is 1. The molecule has 5 nitrogen and oxygen atoms in total. The van der Waals surface area contributed by atoms with E-state index in [4.69, 9.17) is 5.73 Å². The summed E-state index contributed by atoms with van der Waals surface area (Å²) in [6, 6.07) is 5.37. The maximum Gasteiger partial charge on any atom is 0.350 e. The van der Waals surface area contributed by atoms with E-state index in [1.807, 2.05) is 6.07 Å². The maximum atomic E-state index is 11.5. The van der Waals surface area contributed by atoms with Crippen molar-refractivity contribution in [2.45, 2.75) is 0 Å². The second kappa shape index (κ2) is 4.28. The van der Waals surface area contributed by atoms with Crippen molar-refractivity contribution >= 4 is 22.4 Å². The zero-order chi connectivity index (χ0) is 11.5. The molecule has 2 aromatic rings. The molecule has 0 aliphatic rings. The number of carbonyl (C=O) groups excluding carboxylic acids is 1. The van der Waals surface area contributed by atoms with E-state index in [0.717, 1.165) is 11.3 Å². The summed E-state index contributed by atoms with van der Waals surface area (Å²) in [4.78, 5) is 20.1. The van der Waals surface area contributed by atoms with Crippen LogP contribution in [0.1, 0.15) is 9.67 Å². The monoisotopic (exact) mass is 235 g/mol. The summed E-state index contributed by atoms with van der Waals surface area (Å²) in [6.45, 7) is 0. The van der Waals surface area contributed by atoms with E-state index < -0.39 is 5.97 Å². The highest BCUT2D eigenvalue weighted by molar-refractivity contribution is 7.17. The van der Waals surface area contributed by atoms with Gasteiger partial charge in [-0.3, -0.25) is 4.98 Å². The number of hydrogen-bond acceptors (Lipinski definition) is 6. The van der Waals surface area contributed by atoms with Crippen LogP contribution in [0.3, 0.4) is 0 Å². The minimum atomic E-state index is -0.449. The van der Waals surface area contributed by atoms with Gasteiger partial charge in [0, 0.05) is 6.20 Å². The number of carbonyl (C=O) groups is 1. The number of pyridine rings is 1. The molecule has 0 aromatic carbocycles. The van der Waals surface area contributed by atoms with E-state index in [9.17, 15) is 4.79 Å². The molecule has 0 atom stereocenters. The van der Waals surface area contributed by atoms with Crippen LogP contribution in [0.25, 0.3) is 11.4 Å². The predicted octanol–water partition coefficient (Wildman–Crippen LogP) is 1.57. The van der Waals surface area contributed by atoms with Crippen LogP contribution in [0.5, 0.6) is 0 Å². The number of esters is 1. The molecular weight excluding hydrogens is 226 g/mol. The van der Waals surface area contributed by atoms with Crippen molar-refractivity contribution < 1.29 is 9.53 Å². The third-order valence-corrected chi connectivity index (χ3v) is 2.79. The quantitative estimate of drug-likeness (QED) is 0.799. The number of nitrogens with two attached hydrogens (primary N) is 1. The molecule has 0 amide bonds. The standard InChI is InChI=1S/C10H9N3O2S/c1-15-9(14)8-7(13-10(11)16-8)6-4-2-3-5-12-6/h2-5H,1H3,(H2,11,13). The molecule has 2 heterocycles. The average molecular weight is 235 g/mol. The summed E-state index contributed by atoms with van der Waals surface area (Å²) in [7, 11) is 1.32. The summed E-state index contributed by atoms with van der Waals surface area (Å²) in [6.07, 6.45) is 1.63. The molecule has 82 valence electrons. The Bertz CT molecular complexity index is 510. The van der Waals surface area contributed by atoms with Crippen molar-refractivity contribution in [2.24, 2.45) is 0 Å². The summed E-state index contributed by atoms with van der Waals surface area (Å²) < 4.78 is 4.66. The van der Waals surface area contributed by atoms with Crippen LogP contribution in [0.4, 0.5) is 5.13 Å². The van der Waals surface area contributed by atoms with Crippen LogP contribution in [0.2, 0.25) is 0 Å². The zero-order valence-electron chi connectivity index (χ0n) is 8.51. The maximum absolute atomic E-state index is 11.5. The van der Waals surface area contributed by atoms with Crippen LogP contribution >= 0.6 is 11.3 Å². The molecule has 2 N–H and O–H groups in total. The molecule has 0 bridgehead atoms. The third-order valence-electron chi connectivity index (χ3n) is 1.92. The van der Waals surface area contributed by atoms with E-state index in [-0.39, 0.29) is 0 Å². The molecule has 0 unspecified atom stereocenters. The van der Waals surface area contributed by atoms with Crippen molar-refractivity contribution in [3.05, 3.63) is 29.3 Å². The fraction of sp³-hybridized carbons (Fsp3) is 0.100. The van der Waals surface area contributed by atoms with Crippen LogP contribution in [-0.2, 0) is 4.74 Å². The third kappa shape index (κ3) is 1.87. The van der Waals surface area contributed by atoms with E-state index in [2.05, 4.69) is 14.7 Å². The van der Waals surface area contributed by atoms with Crippen LogP contribution in [-0.4, -0.2) is 23.0 Å². The largest absolute Gasteiger partial charge is 0.465 e. The highest BCUT2D eigenvalue weighted by Gasteiger charge is 2.19. The Morgan fingerprint density at radius 3 is 2.94 bits per heavy atom. The molecule has 0 aliphatic heterocycles. The lowest BCUT2D eigenvalue weighted by Crippen LogP contribution is -2.00. The number of methoxy groups -OCH3 is 1. The molecule has 0 saturated heterocycles. The lowest BCUT2D eigenvalue weighted by molar-refractivity contribution is 0.0607. The first kappa shape index (κ1) is 10.6. The first-order valence-corrected chi connectivity index (χ1v) is 5.30. The highest BCUT2D eigenvalue weighted by atomic mass is 32.1. The number of aromatic nitrogens is 2. The SMILES string of the molecule is COC(=O)c1sc(N)nc1-c1ccccn1. The van der Waals surface area contributed by atoms with E-state index in [1.165, 1.54) is 7.11 Å². The average Bonchev–Trinajstić information content (AvgIpc) is 2.71. The Kier molecular flexibility index (Phi) is 2.82. The number of thiazole rings is 1. The van der Waals surface area contributed by atoms with Gasteiger partial charge in [0.2, 0.25) is 0 Å². The summed E-state index contributed by atoms with van der Waals surface area (Å²) in [5.41, 5.74) is 6.66. The van der Waals surface area contributed by atoms with Gasteiger partial charge in [-0.15, -0.1) is 0 Å². The van der Waals surface area contributed by atoms with Crippen molar-refractivity contribution in [1.29, 1.82) is 0 Å². The van der Waals surface area contributed by atoms with Crippen molar-refractivity contribution in [2.75, 3.05) is 12.8 Å². The van der Waals surface area contributed by atoms with Gasteiger partial charge in [0.1, 0.15) is 10.6 Å². The van der Waals surface area contributed by atoms with Gasteiger partial charge in [-0.1, -0.05) is 17.4 Å². The van der Waals surface area contributed by atoms with Gasteiger partial charge >= 0.3 is 5.97 Å². The first-order chi connectivity index (χ1) is 7.72. The molecule has 0 spiro atoms. The van der Waals surface area contributed by atoms with Crippen molar-refractivity contribution in [1.82, 2.24) is 9.97 Å². The normalized spacial score (nSPS) is 10.1. The number of ether oxygens (including phenoxy) is 1. The van der Waals surface area contributed by atoms with Crippen LogP contribution in [0.15, 0.2) is 24.4 Å². The molecule has 0 saturated carbocycles. The van der Waals surface area contributed by atoms with E-state index in [0.29, 0.717) is 21.4 Å². The fourth-order valence-corrected chi connectivity index (χ4v) is 2.00.